The van der Waals surface area contributed by atoms with Gasteiger partial charge in [-0.25, -0.2) is 0 Å². The first-order chi connectivity index (χ1) is 12.1. The summed E-state index contributed by atoms with van der Waals surface area (Å²) < 4.78 is 5.62. The molecular formula is C18H11N3O4. The SMILES string of the molecule is O=[N+]([O-])c1cccc(-c2nnc(-c3cc4ccccc4cc3O)o2)c1. The van der Waals surface area contributed by atoms with E-state index in [4.69, 9.17) is 4.42 Å². The zero-order valence-electron chi connectivity index (χ0n) is 12.8. The Hall–Kier alpha value is -3.74. The van der Waals surface area contributed by atoms with E-state index in [0.29, 0.717) is 11.1 Å². The molecule has 0 saturated carbocycles. The zero-order chi connectivity index (χ0) is 17.4. The van der Waals surface area contributed by atoms with Crippen molar-refractivity contribution in [3.05, 3.63) is 70.8 Å². The number of benzene rings is 3. The molecule has 0 aliphatic heterocycles. The fourth-order valence-electron chi connectivity index (χ4n) is 2.60. The average molecular weight is 333 g/mol. The standard InChI is InChI=1S/C18H11N3O4/c22-16-10-12-5-2-1-4-11(12)9-15(16)18-20-19-17(25-18)13-6-3-7-14(8-13)21(23)24/h1-10,22H. The lowest BCUT2D eigenvalue weighted by Crippen LogP contribution is -1.88. The molecule has 4 rings (SSSR count). The quantitative estimate of drug-likeness (QED) is 0.446. The molecule has 7 nitrogen and oxygen atoms in total. The van der Waals surface area contributed by atoms with Crippen molar-refractivity contribution in [3.63, 3.8) is 0 Å². The van der Waals surface area contributed by atoms with Crippen molar-refractivity contribution >= 4 is 16.5 Å². The minimum absolute atomic E-state index is 0.0212. The van der Waals surface area contributed by atoms with Crippen LogP contribution in [0.5, 0.6) is 5.75 Å². The number of non-ortho nitro benzene ring substituents is 1. The first-order valence-corrected chi connectivity index (χ1v) is 7.42. The summed E-state index contributed by atoms with van der Waals surface area (Å²) in [6.07, 6.45) is 0. The molecule has 1 N–H and O–H groups in total. The third-order valence-corrected chi connectivity index (χ3v) is 3.82. The lowest BCUT2D eigenvalue weighted by molar-refractivity contribution is -0.384. The molecule has 0 aliphatic rings. The topological polar surface area (TPSA) is 102 Å². The van der Waals surface area contributed by atoms with Crippen LogP contribution in [0, 0.1) is 10.1 Å². The predicted octanol–water partition coefficient (Wildman–Crippen LogP) is 4.17. The normalized spacial score (nSPS) is 10.9. The molecule has 0 spiro atoms. The van der Waals surface area contributed by atoms with Crippen molar-refractivity contribution in [3.8, 4) is 28.7 Å². The molecular weight excluding hydrogens is 322 g/mol. The number of phenols is 1. The fraction of sp³-hybridized carbons (Fsp3) is 0. The number of fused-ring (bicyclic) bond motifs is 1. The fourth-order valence-corrected chi connectivity index (χ4v) is 2.60. The Morgan fingerprint density at radius 3 is 2.40 bits per heavy atom. The van der Waals surface area contributed by atoms with Gasteiger partial charge in [0.2, 0.25) is 5.89 Å². The summed E-state index contributed by atoms with van der Waals surface area (Å²) in [6.45, 7) is 0. The van der Waals surface area contributed by atoms with E-state index < -0.39 is 4.92 Å². The van der Waals surface area contributed by atoms with Gasteiger partial charge in [0.15, 0.2) is 0 Å². The number of nitro groups is 1. The molecule has 7 heteroatoms. The third-order valence-electron chi connectivity index (χ3n) is 3.82. The highest BCUT2D eigenvalue weighted by atomic mass is 16.6. The molecule has 0 unspecified atom stereocenters. The molecule has 122 valence electrons. The molecule has 0 aliphatic carbocycles. The van der Waals surface area contributed by atoms with E-state index in [2.05, 4.69) is 10.2 Å². The number of nitro benzene ring substituents is 1. The van der Waals surface area contributed by atoms with Gasteiger partial charge in [-0.15, -0.1) is 10.2 Å². The Labute approximate surface area is 141 Å². The van der Waals surface area contributed by atoms with Gasteiger partial charge in [0.05, 0.1) is 10.5 Å². The maximum Gasteiger partial charge on any atom is 0.270 e. The first-order valence-electron chi connectivity index (χ1n) is 7.42. The van der Waals surface area contributed by atoms with Crippen LogP contribution < -0.4 is 0 Å². The van der Waals surface area contributed by atoms with Crippen molar-refractivity contribution in [1.29, 1.82) is 0 Å². The summed E-state index contributed by atoms with van der Waals surface area (Å²) in [4.78, 5) is 10.4. The van der Waals surface area contributed by atoms with Gasteiger partial charge in [-0.3, -0.25) is 10.1 Å². The molecule has 0 atom stereocenters. The second kappa shape index (κ2) is 5.72. The summed E-state index contributed by atoms with van der Waals surface area (Å²) in [5, 5.41) is 30.8. The van der Waals surface area contributed by atoms with E-state index in [1.165, 1.54) is 12.1 Å². The van der Waals surface area contributed by atoms with Gasteiger partial charge in [0.25, 0.3) is 11.6 Å². The van der Waals surface area contributed by atoms with Crippen molar-refractivity contribution in [2.75, 3.05) is 0 Å². The minimum atomic E-state index is -0.490. The van der Waals surface area contributed by atoms with Gasteiger partial charge in [-0.05, 0) is 29.0 Å². The monoisotopic (exact) mass is 333 g/mol. The Bertz CT molecular complexity index is 1100. The van der Waals surface area contributed by atoms with Crippen LogP contribution in [-0.2, 0) is 0 Å². The first kappa shape index (κ1) is 14.8. The summed E-state index contributed by atoms with van der Waals surface area (Å²) in [7, 11) is 0. The van der Waals surface area contributed by atoms with Crippen LogP contribution in [0.4, 0.5) is 5.69 Å². The maximum absolute atomic E-state index is 10.9. The van der Waals surface area contributed by atoms with E-state index in [0.717, 1.165) is 10.8 Å². The molecule has 0 saturated heterocycles. The number of hydrogen-bond acceptors (Lipinski definition) is 6. The summed E-state index contributed by atoms with van der Waals surface area (Å²) in [6, 6.07) is 16.9. The van der Waals surface area contributed by atoms with Gasteiger partial charge in [-0.2, -0.15) is 0 Å². The van der Waals surface area contributed by atoms with E-state index >= 15 is 0 Å². The Kier molecular flexibility index (Phi) is 3.39. The van der Waals surface area contributed by atoms with Crippen LogP contribution in [0.15, 0.2) is 65.1 Å². The average Bonchev–Trinajstić information content (AvgIpc) is 3.11. The van der Waals surface area contributed by atoms with E-state index in [9.17, 15) is 15.2 Å². The van der Waals surface area contributed by atoms with E-state index in [-0.39, 0.29) is 23.2 Å². The molecule has 0 fully saturated rings. The van der Waals surface area contributed by atoms with Gasteiger partial charge in [-0.1, -0.05) is 30.3 Å². The number of nitrogens with zero attached hydrogens (tertiary/aromatic N) is 3. The largest absolute Gasteiger partial charge is 0.507 e. The second-order valence-corrected chi connectivity index (χ2v) is 5.44. The molecule has 0 bridgehead atoms. The van der Waals surface area contributed by atoms with Crippen molar-refractivity contribution < 1.29 is 14.4 Å². The van der Waals surface area contributed by atoms with Crippen LogP contribution in [0.25, 0.3) is 33.7 Å². The molecule has 0 radical (unpaired) electrons. The number of aromatic nitrogens is 2. The highest BCUT2D eigenvalue weighted by Gasteiger charge is 2.16. The number of aromatic hydroxyl groups is 1. The number of rotatable bonds is 3. The van der Waals surface area contributed by atoms with Crippen LogP contribution in [-0.4, -0.2) is 20.2 Å². The number of hydrogen-bond donors (Lipinski definition) is 1. The Morgan fingerprint density at radius 2 is 1.64 bits per heavy atom. The molecule has 3 aromatic carbocycles. The van der Waals surface area contributed by atoms with Gasteiger partial charge < -0.3 is 9.52 Å². The molecule has 0 amide bonds. The summed E-state index contributed by atoms with van der Waals surface area (Å²) in [5.41, 5.74) is 0.780. The maximum atomic E-state index is 10.9. The number of phenolic OH excluding ortho intramolecular Hbond substituents is 1. The second-order valence-electron chi connectivity index (χ2n) is 5.44. The minimum Gasteiger partial charge on any atom is -0.507 e. The lowest BCUT2D eigenvalue weighted by Gasteiger charge is -2.03. The van der Waals surface area contributed by atoms with Crippen LogP contribution in [0.2, 0.25) is 0 Å². The molecule has 1 aromatic heterocycles. The Morgan fingerprint density at radius 1 is 0.920 bits per heavy atom. The predicted molar refractivity (Wildman–Crippen MR) is 91.0 cm³/mol. The van der Waals surface area contributed by atoms with Gasteiger partial charge >= 0.3 is 0 Å². The smallest absolute Gasteiger partial charge is 0.270 e. The van der Waals surface area contributed by atoms with Crippen molar-refractivity contribution in [2.24, 2.45) is 0 Å². The molecule has 4 aromatic rings. The highest BCUT2D eigenvalue weighted by Crippen LogP contribution is 2.34. The van der Waals surface area contributed by atoms with Crippen molar-refractivity contribution in [2.45, 2.75) is 0 Å². The van der Waals surface area contributed by atoms with Crippen LogP contribution in [0.1, 0.15) is 0 Å². The molecule has 25 heavy (non-hydrogen) atoms. The van der Waals surface area contributed by atoms with Crippen LogP contribution in [0.3, 0.4) is 0 Å². The summed E-state index contributed by atoms with van der Waals surface area (Å²) >= 11 is 0. The van der Waals surface area contributed by atoms with Crippen molar-refractivity contribution in [1.82, 2.24) is 10.2 Å². The van der Waals surface area contributed by atoms with Gasteiger partial charge in [0.1, 0.15) is 5.75 Å². The van der Waals surface area contributed by atoms with Crippen LogP contribution >= 0.6 is 0 Å². The zero-order valence-corrected chi connectivity index (χ0v) is 12.8. The van der Waals surface area contributed by atoms with E-state index in [1.807, 2.05) is 24.3 Å². The molecule has 1 heterocycles. The Balaban J connectivity index is 1.78. The summed E-state index contributed by atoms with van der Waals surface area (Å²) in [5.74, 6) is 0.309. The van der Waals surface area contributed by atoms with E-state index in [1.54, 1.807) is 24.3 Å². The third kappa shape index (κ3) is 2.67. The highest BCUT2D eigenvalue weighted by molar-refractivity contribution is 5.89. The van der Waals surface area contributed by atoms with Gasteiger partial charge in [0, 0.05) is 17.7 Å². The lowest BCUT2D eigenvalue weighted by atomic mass is 10.1.